The van der Waals surface area contributed by atoms with Crippen LogP contribution in [0.2, 0.25) is 0 Å². The van der Waals surface area contributed by atoms with E-state index in [9.17, 15) is 40.7 Å². The van der Waals surface area contributed by atoms with E-state index in [1.165, 1.54) is 53.4 Å². The first-order valence-electron chi connectivity index (χ1n) is 13.3. The van der Waals surface area contributed by atoms with Gasteiger partial charge in [-0.1, -0.05) is 13.8 Å². The monoisotopic (exact) mass is 872 g/mol. The Kier molecular flexibility index (Phi) is 24.8. The molecule has 274 valence electrons. The molecule has 0 fully saturated rings. The molecule has 3 rings (SSSR count). The molecule has 2 N–H and O–H groups in total. The molecule has 0 unspecified atom stereocenters. The van der Waals surface area contributed by atoms with Gasteiger partial charge < -0.3 is 20.0 Å². The lowest BCUT2D eigenvalue weighted by Gasteiger charge is -2.08. The molecule has 0 aliphatic rings. The fourth-order valence-corrected chi connectivity index (χ4v) is 14.8. The SMILES string of the molecule is CCCC=O.CCc1cc(C(=O)c2ccc(OC(F)(F)F)cc2)c(N)s1.N#CCC(=O)c1ccc(OC(F)(F)F)cc1.S=S=S=S=S=S=S=S. The Labute approximate surface area is 314 Å². The first-order valence-corrected chi connectivity index (χ1v) is 23.4. The number of nitrogen functional groups attached to an aromatic ring is 1. The molecule has 3 aromatic rings. The molecule has 0 aliphatic heterocycles. The van der Waals surface area contributed by atoms with Crippen LogP contribution in [0.15, 0.2) is 54.6 Å². The molecule has 0 saturated heterocycles. The van der Waals surface area contributed by atoms with Crippen molar-refractivity contribution in [1.29, 1.82) is 5.26 Å². The summed E-state index contributed by atoms with van der Waals surface area (Å²) in [5.74, 6) is -1.53. The van der Waals surface area contributed by atoms with Crippen molar-refractivity contribution in [3.8, 4) is 17.6 Å². The number of carbonyl (C=O) groups is 3. The quantitative estimate of drug-likeness (QED) is 0.131. The van der Waals surface area contributed by atoms with Crippen molar-refractivity contribution in [2.45, 2.75) is 52.3 Å². The number of nitrogens with two attached hydrogens (primary N) is 1. The molecule has 1 aromatic heterocycles. The van der Waals surface area contributed by atoms with Gasteiger partial charge in [-0.3, -0.25) is 9.59 Å². The number of nitrogens with zero attached hydrogens (tertiary/aromatic N) is 1. The number of nitriles is 1. The maximum atomic E-state index is 12.3. The van der Waals surface area contributed by atoms with Crippen LogP contribution in [0.1, 0.15) is 64.3 Å². The molecular formula is C28H26F6N2O5S9. The number of benzene rings is 2. The first-order chi connectivity index (χ1) is 23.5. The molecule has 7 nitrogen and oxygen atoms in total. The number of Topliss-reactive ketones (excluding diaryl/α,β-unsaturated/α-hetero) is 1. The third kappa shape index (κ3) is 22.3. The van der Waals surface area contributed by atoms with Gasteiger partial charge in [0.1, 0.15) is 17.8 Å². The van der Waals surface area contributed by atoms with Crippen LogP contribution in [0.5, 0.6) is 11.5 Å². The van der Waals surface area contributed by atoms with Crippen molar-refractivity contribution < 1.29 is 50.2 Å². The van der Waals surface area contributed by atoms with Gasteiger partial charge in [0.25, 0.3) is 0 Å². The average Bonchev–Trinajstić information content (AvgIpc) is 3.44. The van der Waals surface area contributed by atoms with Crippen LogP contribution >= 0.6 is 11.3 Å². The van der Waals surface area contributed by atoms with Crippen LogP contribution in [-0.4, -0.2) is 30.6 Å². The topological polar surface area (TPSA) is 119 Å². The van der Waals surface area contributed by atoms with Gasteiger partial charge in [0, 0.05) is 98.1 Å². The first kappa shape index (κ1) is 47.4. The predicted octanol–water partition coefficient (Wildman–Crippen LogP) is 7.67. The van der Waals surface area contributed by atoms with Crippen LogP contribution < -0.4 is 15.2 Å². The Bertz CT molecular complexity index is 1810. The van der Waals surface area contributed by atoms with Crippen molar-refractivity contribution in [1.82, 2.24) is 0 Å². The number of unbranched alkanes of at least 4 members (excludes halogenated alkanes) is 1. The number of rotatable bonds is 9. The Morgan fingerprint density at radius 2 is 1.32 bits per heavy atom. The highest BCUT2D eigenvalue weighted by Gasteiger charge is 2.31. The van der Waals surface area contributed by atoms with Crippen LogP contribution in [-0.2, 0) is 86.9 Å². The molecule has 0 amide bonds. The smallest absolute Gasteiger partial charge is 0.406 e. The van der Waals surface area contributed by atoms with E-state index >= 15 is 0 Å². The molecule has 0 aliphatic carbocycles. The van der Waals surface area contributed by atoms with E-state index in [1.807, 2.05) is 13.8 Å². The van der Waals surface area contributed by atoms with Gasteiger partial charge in [0.2, 0.25) is 0 Å². The van der Waals surface area contributed by atoms with Crippen LogP contribution in [0.25, 0.3) is 0 Å². The number of hydrogen-bond donors (Lipinski definition) is 1. The maximum absolute atomic E-state index is 12.3. The van der Waals surface area contributed by atoms with E-state index < -0.39 is 24.3 Å². The molecule has 50 heavy (non-hydrogen) atoms. The third-order valence-corrected chi connectivity index (χ3v) is 17.2. The largest absolute Gasteiger partial charge is 0.573 e. The molecule has 0 radical (unpaired) electrons. The van der Waals surface area contributed by atoms with Crippen molar-refractivity contribution in [2.24, 2.45) is 0 Å². The maximum Gasteiger partial charge on any atom is 0.573 e. The number of alkyl halides is 6. The number of aldehydes is 1. The summed E-state index contributed by atoms with van der Waals surface area (Å²) < 4.78 is 78.9. The predicted molar refractivity (Wildman–Crippen MR) is 202 cm³/mol. The Morgan fingerprint density at radius 3 is 1.64 bits per heavy atom. The minimum Gasteiger partial charge on any atom is -0.406 e. The number of ether oxygens (including phenoxy) is 2. The lowest BCUT2D eigenvalue weighted by molar-refractivity contribution is -0.275. The number of thiophene rings is 1. The summed E-state index contributed by atoms with van der Waals surface area (Å²) in [5, 5.41) is 8.67. The average molecular weight is 873 g/mol. The summed E-state index contributed by atoms with van der Waals surface area (Å²) in [7, 11) is 9.12. The normalized spacial score (nSPS) is 9.98. The van der Waals surface area contributed by atoms with Gasteiger partial charge >= 0.3 is 12.7 Å². The van der Waals surface area contributed by atoms with Gasteiger partial charge in [0.15, 0.2) is 11.6 Å². The zero-order valence-electron chi connectivity index (χ0n) is 25.6. The number of ketones is 2. The van der Waals surface area contributed by atoms with E-state index in [-0.39, 0.29) is 29.1 Å². The van der Waals surface area contributed by atoms with Gasteiger partial charge in [-0.15, -0.1) is 37.7 Å². The summed E-state index contributed by atoms with van der Waals surface area (Å²) in [5.41, 5.74) is 6.61. The van der Waals surface area contributed by atoms with E-state index in [0.717, 1.165) is 48.3 Å². The highest BCUT2D eigenvalue weighted by atomic mass is 33.4. The lowest BCUT2D eigenvalue weighted by atomic mass is 10.0. The second kappa shape index (κ2) is 26.2. The zero-order valence-corrected chi connectivity index (χ0v) is 33.0. The Morgan fingerprint density at radius 1 is 0.860 bits per heavy atom. The third-order valence-electron chi connectivity index (χ3n) is 4.95. The number of aryl methyl sites for hydroxylation is 1. The highest BCUT2D eigenvalue weighted by Crippen LogP contribution is 2.29. The summed E-state index contributed by atoms with van der Waals surface area (Å²) >= 11 is 10.5. The van der Waals surface area contributed by atoms with E-state index in [2.05, 4.69) is 31.8 Å². The van der Waals surface area contributed by atoms with Gasteiger partial charge in [-0.2, -0.15) is 5.26 Å². The molecule has 1 heterocycles. The molecule has 2 aromatic carbocycles. The van der Waals surface area contributed by atoms with Gasteiger partial charge in [-0.05, 0) is 67.4 Å². The summed E-state index contributed by atoms with van der Waals surface area (Å²) in [4.78, 5) is 33.8. The van der Waals surface area contributed by atoms with Crippen molar-refractivity contribution in [2.75, 3.05) is 5.73 Å². The fraction of sp³-hybridized carbons (Fsp3) is 0.286. The molecule has 0 saturated carbocycles. The second-order valence-electron chi connectivity index (χ2n) is 8.44. The number of halogens is 6. The molecule has 0 bridgehead atoms. The highest BCUT2D eigenvalue weighted by molar-refractivity contribution is 8.70. The van der Waals surface area contributed by atoms with Gasteiger partial charge in [0.05, 0.1) is 23.1 Å². The standard InChI is InChI=1S/C14H12F3NO2S.C10H6F3NO2.C4H8O.S8/c1-2-10-7-11(13(18)21-10)12(19)8-3-5-9(6-4-8)20-14(15,16)17;11-10(12,13)16-8-3-1-7(2-4-8)9(15)5-6-14;1-2-3-4-5;1-3-5-7-8-6-4-2/h3-7H,2,18H2,1H3;1-4H,5H2;4H,2-3H2,1H3;. The number of carbonyl (C=O) groups excluding carboxylic acids is 3. The minimum absolute atomic E-state index is 0.177. The number of hydrogen-bond acceptors (Lipinski definition) is 10. The van der Waals surface area contributed by atoms with E-state index in [1.54, 1.807) is 47.7 Å². The van der Waals surface area contributed by atoms with Crippen LogP contribution in [0.4, 0.5) is 31.3 Å². The van der Waals surface area contributed by atoms with E-state index in [0.29, 0.717) is 17.0 Å². The molecule has 0 atom stereocenters. The Hall–Kier alpha value is -2.62. The summed E-state index contributed by atoms with van der Waals surface area (Å²) in [6.45, 7) is 3.93. The van der Waals surface area contributed by atoms with Crippen molar-refractivity contribution in [3.63, 3.8) is 0 Å². The lowest BCUT2D eigenvalue weighted by Crippen LogP contribution is -2.17. The van der Waals surface area contributed by atoms with Crippen LogP contribution in [0.3, 0.4) is 0 Å². The van der Waals surface area contributed by atoms with Gasteiger partial charge in [-0.25, -0.2) is 0 Å². The zero-order chi connectivity index (χ0) is 38.2. The number of anilines is 1. The molecule has 22 heteroatoms. The molecule has 0 spiro atoms. The Balaban J connectivity index is 0.000000728. The van der Waals surface area contributed by atoms with E-state index in [4.69, 9.17) is 11.0 Å². The van der Waals surface area contributed by atoms with Crippen molar-refractivity contribution in [3.05, 3.63) is 76.2 Å². The molecular weight excluding hydrogens is 847 g/mol. The second-order valence-corrected chi connectivity index (χ2v) is 20.2. The van der Waals surface area contributed by atoms with Crippen molar-refractivity contribution >= 4 is 110 Å². The van der Waals surface area contributed by atoms with Crippen LogP contribution in [0, 0.1) is 11.3 Å². The minimum atomic E-state index is -4.75. The fourth-order valence-electron chi connectivity index (χ4n) is 2.95. The summed E-state index contributed by atoms with van der Waals surface area (Å²) in [6, 6.07) is 12.6. The summed E-state index contributed by atoms with van der Waals surface area (Å²) in [6.07, 6.45) is -6.43.